The van der Waals surface area contributed by atoms with E-state index in [4.69, 9.17) is 4.98 Å². The zero-order chi connectivity index (χ0) is 13.1. The number of imidazole rings is 1. The second-order valence-corrected chi connectivity index (χ2v) is 5.19. The number of aliphatic hydroxyl groups excluding tert-OH is 1. The Morgan fingerprint density at radius 3 is 3.05 bits per heavy atom. The lowest BCUT2D eigenvalue weighted by atomic mass is 10.1. The van der Waals surface area contributed by atoms with Crippen LogP contribution in [0.2, 0.25) is 0 Å². The molecule has 1 aliphatic heterocycles. The zero-order valence-electron chi connectivity index (χ0n) is 11.2. The van der Waals surface area contributed by atoms with Crippen LogP contribution in [0, 0.1) is 0 Å². The molecule has 1 saturated heterocycles. The van der Waals surface area contributed by atoms with Crippen molar-refractivity contribution in [3.8, 4) is 0 Å². The molecule has 4 nitrogen and oxygen atoms in total. The molecule has 1 aliphatic rings. The quantitative estimate of drug-likeness (QED) is 0.888. The minimum Gasteiger partial charge on any atom is -0.395 e. The normalized spacial score (nSPS) is 20.6. The van der Waals surface area contributed by atoms with Crippen molar-refractivity contribution in [1.29, 1.82) is 0 Å². The summed E-state index contributed by atoms with van der Waals surface area (Å²) in [7, 11) is 0. The van der Waals surface area contributed by atoms with Crippen LogP contribution in [0.3, 0.4) is 0 Å². The molecule has 0 aliphatic carbocycles. The lowest BCUT2D eigenvalue weighted by Crippen LogP contribution is -2.24. The van der Waals surface area contributed by atoms with Crippen LogP contribution < -0.4 is 5.32 Å². The van der Waals surface area contributed by atoms with Crippen molar-refractivity contribution in [2.24, 2.45) is 0 Å². The number of nitrogens with one attached hydrogen (secondary N) is 1. The van der Waals surface area contributed by atoms with Crippen LogP contribution in [-0.2, 0) is 6.54 Å². The summed E-state index contributed by atoms with van der Waals surface area (Å²) in [5, 5.41) is 12.9. The van der Waals surface area contributed by atoms with Crippen LogP contribution in [0.4, 0.5) is 0 Å². The van der Waals surface area contributed by atoms with E-state index in [0.717, 1.165) is 29.8 Å². The van der Waals surface area contributed by atoms with Gasteiger partial charge in [-0.2, -0.15) is 0 Å². The lowest BCUT2D eigenvalue weighted by molar-refractivity contribution is 0.273. The molecule has 0 bridgehead atoms. The van der Waals surface area contributed by atoms with Crippen molar-refractivity contribution in [2.75, 3.05) is 13.2 Å². The highest BCUT2D eigenvalue weighted by Crippen LogP contribution is 2.26. The number of para-hydroxylation sites is 2. The number of nitrogens with zero attached hydrogens (tertiary/aromatic N) is 2. The highest BCUT2D eigenvalue weighted by Gasteiger charge is 2.20. The van der Waals surface area contributed by atoms with Crippen molar-refractivity contribution in [3.05, 3.63) is 30.1 Å². The van der Waals surface area contributed by atoms with Gasteiger partial charge in [0.15, 0.2) is 0 Å². The maximum Gasteiger partial charge on any atom is 0.127 e. The predicted molar refractivity (Wildman–Crippen MR) is 76.0 cm³/mol. The first-order chi connectivity index (χ1) is 9.40. The average molecular weight is 259 g/mol. The molecule has 19 heavy (non-hydrogen) atoms. The maximum absolute atomic E-state index is 9.31. The van der Waals surface area contributed by atoms with Gasteiger partial charge in [-0.05, 0) is 31.5 Å². The number of fused-ring (bicyclic) bond motifs is 1. The molecular formula is C15H21N3O. The first-order valence-electron chi connectivity index (χ1n) is 7.19. The van der Waals surface area contributed by atoms with Gasteiger partial charge >= 0.3 is 0 Å². The minimum atomic E-state index is 0.153. The molecule has 0 saturated carbocycles. The van der Waals surface area contributed by atoms with E-state index in [1.54, 1.807) is 0 Å². The van der Waals surface area contributed by atoms with Gasteiger partial charge in [-0.25, -0.2) is 4.98 Å². The Labute approximate surface area is 113 Å². The summed E-state index contributed by atoms with van der Waals surface area (Å²) in [5.74, 6) is 1.08. The number of rotatable bonds is 3. The molecule has 1 fully saturated rings. The van der Waals surface area contributed by atoms with Crippen LogP contribution in [0.25, 0.3) is 11.0 Å². The maximum atomic E-state index is 9.31. The molecule has 2 heterocycles. The largest absolute Gasteiger partial charge is 0.395 e. The molecule has 102 valence electrons. The number of aromatic nitrogens is 2. The third kappa shape index (κ3) is 2.51. The van der Waals surface area contributed by atoms with Crippen molar-refractivity contribution < 1.29 is 5.11 Å². The van der Waals surface area contributed by atoms with Gasteiger partial charge in [0.1, 0.15) is 5.82 Å². The van der Waals surface area contributed by atoms with Gasteiger partial charge in [0, 0.05) is 6.54 Å². The summed E-state index contributed by atoms with van der Waals surface area (Å²) < 4.78 is 2.16. The Morgan fingerprint density at radius 1 is 1.26 bits per heavy atom. The molecule has 1 aromatic carbocycles. The molecule has 4 heteroatoms. The van der Waals surface area contributed by atoms with Gasteiger partial charge in [-0.1, -0.05) is 25.0 Å². The number of aliphatic hydroxyl groups is 1. The van der Waals surface area contributed by atoms with E-state index in [1.807, 2.05) is 18.2 Å². The molecule has 3 rings (SSSR count). The van der Waals surface area contributed by atoms with E-state index >= 15 is 0 Å². The van der Waals surface area contributed by atoms with Crippen molar-refractivity contribution in [1.82, 2.24) is 14.9 Å². The molecule has 2 aromatic rings. The fourth-order valence-electron chi connectivity index (χ4n) is 2.94. The first-order valence-corrected chi connectivity index (χ1v) is 7.19. The molecule has 0 radical (unpaired) electrons. The summed E-state index contributed by atoms with van der Waals surface area (Å²) >= 11 is 0. The summed E-state index contributed by atoms with van der Waals surface area (Å²) in [5.41, 5.74) is 2.15. The third-order valence-corrected chi connectivity index (χ3v) is 3.88. The van der Waals surface area contributed by atoms with Gasteiger partial charge < -0.3 is 15.0 Å². The Balaban J connectivity index is 2.02. The van der Waals surface area contributed by atoms with Crippen LogP contribution in [0.1, 0.15) is 37.5 Å². The highest BCUT2D eigenvalue weighted by atomic mass is 16.3. The molecule has 0 amide bonds. The van der Waals surface area contributed by atoms with E-state index < -0.39 is 0 Å². The summed E-state index contributed by atoms with van der Waals surface area (Å²) in [6.45, 7) is 1.83. The van der Waals surface area contributed by atoms with Gasteiger partial charge in [0.05, 0.1) is 23.7 Å². The lowest BCUT2D eigenvalue weighted by Gasteiger charge is -2.17. The summed E-state index contributed by atoms with van der Waals surface area (Å²) in [4.78, 5) is 4.79. The third-order valence-electron chi connectivity index (χ3n) is 3.88. The van der Waals surface area contributed by atoms with Crippen LogP contribution in [0.5, 0.6) is 0 Å². The second kappa shape index (κ2) is 5.72. The topological polar surface area (TPSA) is 50.1 Å². The first kappa shape index (κ1) is 12.6. The fraction of sp³-hybridized carbons (Fsp3) is 0.533. The Kier molecular flexibility index (Phi) is 3.80. The zero-order valence-corrected chi connectivity index (χ0v) is 11.2. The SMILES string of the molecule is OCCn1c(C2CCCCCN2)nc2ccccc21. The van der Waals surface area contributed by atoms with E-state index in [-0.39, 0.29) is 6.61 Å². The van der Waals surface area contributed by atoms with Gasteiger partial charge in [0.25, 0.3) is 0 Å². The van der Waals surface area contributed by atoms with Gasteiger partial charge in [-0.15, -0.1) is 0 Å². The van der Waals surface area contributed by atoms with Crippen molar-refractivity contribution in [2.45, 2.75) is 38.3 Å². The second-order valence-electron chi connectivity index (χ2n) is 5.19. The Morgan fingerprint density at radius 2 is 2.16 bits per heavy atom. The van der Waals surface area contributed by atoms with Crippen LogP contribution >= 0.6 is 0 Å². The predicted octanol–water partition coefficient (Wildman–Crippen LogP) is 2.23. The van der Waals surface area contributed by atoms with Crippen LogP contribution in [0.15, 0.2) is 24.3 Å². The summed E-state index contributed by atoms with van der Waals surface area (Å²) in [6, 6.07) is 8.49. The van der Waals surface area contributed by atoms with E-state index in [0.29, 0.717) is 12.6 Å². The van der Waals surface area contributed by atoms with Crippen molar-refractivity contribution in [3.63, 3.8) is 0 Å². The van der Waals surface area contributed by atoms with Gasteiger partial charge in [0.2, 0.25) is 0 Å². The fourth-order valence-corrected chi connectivity index (χ4v) is 2.94. The average Bonchev–Trinajstić information content (AvgIpc) is 2.64. The van der Waals surface area contributed by atoms with E-state index in [9.17, 15) is 5.11 Å². The highest BCUT2D eigenvalue weighted by molar-refractivity contribution is 5.76. The van der Waals surface area contributed by atoms with Crippen molar-refractivity contribution >= 4 is 11.0 Å². The van der Waals surface area contributed by atoms with Crippen LogP contribution in [-0.4, -0.2) is 27.8 Å². The van der Waals surface area contributed by atoms with E-state index in [1.165, 1.54) is 19.3 Å². The minimum absolute atomic E-state index is 0.153. The molecular weight excluding hydrogens is 238 g/mol. The van der Waals surface area contributed by atoms with E-state index in [2.05, 4.69) is 16.0 Å². The summed E-state index contributed by atoms with van der Waals surface area (Å²) in [6.07, 6.45) is 4.93. The standard InChI is InChI=1S/C15H21N3O/c19-11-10-18-14-8-4-3-6-12(14)17-15(18)13-7-2-1-5-9-16-13/h3-4,6,8,13,16,19H,1-2,5,7,9-11H2. The number of hydrogen-bond donors (Lipinski definition) is 2. The Bertz CT molecular complexity index is 541. The Hall–Kier alpha value is -1.39. The number of benzene rings is 1. The monoisotopic (exact) mass is 259 g/mol. The molecule has 1 aromatic heterocycles. The molecule has 0 spiro atoms. The molecule has 1 unspecified atom stereocenters. The molecule has 1 atom stereocenters. The molecule has 2 N–H and O–H groups in total. The smallest absolute Gasteiger partial charge is 0.127 e. The van der Waals surface area contributed by atoms with Gasteiger partial charge in [-0.3, -0.25) is 0 Å². The number of hydrogen-bond acceptors (Lipinski definition) is 3.